The Bertz CT molecular complexity index is 1060. The Kier molecular flexibility index (Phi) is 9.07. The molecule has 0 saturated carbocycles. The summed E-state index contributed by atoms with van der Waals surface area (Å²) in [5, 5.41) is 25.7. The van der Waals surface area contributed by atoms with Crippen LogP contribution in [0.2, 0.25) is 0 Å². The molecule has 3 N–H and O–H groups in total. The van der Waals surface area contributed by atoms with Crippen LogP contribution in [0.25, 0.3) is 0 Å². The van der Waals surface area contributed by atoms with Crippen LogP contribution in [0.3, 0.4) is 0 Å². The van der Waals surface area contributed by atoms with E-state index in [-0.39, 0.29) is 30.0 Å². The first-order chi connectivity index (χ1) is 15.6. The summed E-state index contributed by atoms with van der Waals surface area (Å²) in [6.07, 6.45) is 0.876. The zero-order valence-electron chi connectivity index (χ0n) is 18.9. The maximum absolute atomic E-state index is 10.5. The van der Waals surface area contributed by atoms with Crippen molar-refractivity contribution in [3.05, 3.63) is 77.4 Å². The van der Waals surface area contributed by atoms with Crippen molar-refractivity contribution < 1.29 is 9.84 Å². The molecular formula is C24H31IN6O2. The normalized spacial score (nSPS) is 16.2. The molecule has 0 aliphatic carbocycles. The van der Waals surface area contributed by atoms with E-state index in [1.807, 2.05) is 67.1 Å². The van der Waals surface area contributed by atoms with Gasteiger partial charge in [0.2, 0.25) is 0 Å². The maximum atomic E-state index is 10.5. The van der Waals surface area contributed by atoms with Crippen LogP contribution in [-0.2, 0) is 13.6 Å². The summed E-state index contributed by atoms with van der Waals surface area (Å²) in [6, 6.07) is 17.9. The summed E-state index contributed by atoms with van der Waals surface area (Å²) in [4.78, 5) is 4.75. The van der Waals surface area contributed by atoms with Crippen molar-refractivity contribution in [3.8, 4) is 5.75 Å². The van der Waals surface area contributed by atoms with Gasteiger partial charge in [0, 0.05) is 25.6 Å². The van der Waals surface area contributed by atoms with Crippen molar-refractivity contribution in [1.29, 1.82) is 0 Å². The van der Waals surface area contributed by atoms with E-state index < -0.39 is 6.10 Å². The summed E-state index contributed by atoms with van der Waals surface area (Å²) >= 11 is 0. The van der Waals surface area contributed by atoms with Gasteiger partial charge in [-0.25, -0.2) is 4.99 Å². The van der Waals surface area contributed by atoms with Gasteiger partial charge in [0.25, 0.3) is 0 Å². The van der Waals surface area contributed by atoms with Gasteiger partial charge in [-0.3, -0.25) is 0 Å². The van der Waals surface area contributed by atoms with E-state index in [1.165, 1.54) is 0 Å². The van der Waals surface area contributed by atoms with E-state index >= 15 is 0 Å². The highest BCUT2D eigenvalue weighted by Gasteiger charge is 2.22. The third-order valence-corrected chi connectivity index (χ3v) is 5.73. The molecule has 0 fully saturated rings. The Morgan fingerprint density at radius 1 is 1.18 bits per heavy atom. The topological polar surface area (TPSA) is 96.6 Å². The number of nitrogens with one attached hydrogen (secondary N) is 2. The fourth-order valence-electron chi connectivity index (χ4n) is 3.72. The lowest BCUT2D eigenvalue weighted by Crippen LogP contribution is -2.41. The Hall–Kier alpha value is -2.66. The lowest BCUT2D eigenvalue weighted by atomic mass is 10.0. The average molecular weight is 562 g/mol. The number of benzene rings is 2. The number of hydrogen-bond donors (Lipinski definition) is 3. The Morgan fingerprint density at radius 2 is 1.94 bits per heavy atom. The van der Waals surface area contributed by atoms with Gasteiger partial charge in [0.05, 0.1) is 18.8 Å². The number of ether oxygens (including phenoxy) is 1. The standard InChI is InChI=1S/C24H30N6O2.HI/c1-17-28-29-23(30(17)2)16-26-24(25-14-12-21(31)18-8-4-3-5-9-18)27-20-13-15-32-22-11-7-6-10-19(20)22;/h3-11,20-21,31H,12-16H2,1-2H3,(H2,25,26,27);1H. The number of guanidine groups is 1. The number of aliphatic imine (C=N–C) groups is 1. The van der Waals surface area contributed by atoms with Crippen molar-refractivity contribution in [2.75, 3.05) is 13.2 Å². The minimum absolute atomic E-state index is 0. The van der Waals surface area contributed by atoms with Crippen LogP contribution in [0.15, 0.2) is 59.6 Å². The van der Waals surface area contributed by atoms with Gasteiger partial charge in [-0.1, -0.05) is 48.5 Å². The van der Waals surface area contributed by atoms with Crippen molar-refractivity contribution in [1.82, 2.24) is 25.4 Å². The van der Waals surface area contributed by atoms with Crippen LogP contribution in [0.4, 0.5) is 0 Å². The molecule has 0 spiro atoms. The highest BCUT2D eigenvalue weighted by molar-refractivity contribution is 14.0. The summed E-state index contributed by atoms with van der Waals surface area (Å²) in [7, 11) is 1.94. The van der Waals surface area contributed by atoms with Gasteiger partial charge in [0.15, 0.2) is 11.8 Å². The predicted molar refractivity (Wildman–Crippen MR) is 139 cm³/mol. The van der Waals surface area contributed by atoms with Gasteiger partial charge < -0.3 is 25.0 Å². The molecule has 3 aromatic rings. The largest absolute Gasteiger partial charge is 0.493 e. The SMILES string of the molecule is Cc1nnc(CN=C(NCCC(O)c2ccccc2)NC2CCOc3ccccc32)n1C.I. The molecule has 8 nitrogen and oxygen atoms in total. The molecule has 176 valence electrons. The molecule has 4 rings (SSSR count). The van der Waals surface area contributed by atoms with E-state index in [0.717, 1.165) is 34.9 Å². The number of hydrogen-bond acceptors (Lipinski definition) is 5. The minimum atomic E-state index is -0.532. The van der Waals surface area contributed by atoms with Crippen LogP contribution in [0.5, 0.6) is 5.75 Å². The molecule has 2 aromatic carbocycles. The smallest absolute Gasteiger partial charge is 0.192 e. The molecule has 0 amide bonds. The van der Waals surface area contributed by atoms with E-state index in [0.29, 0.717) is 32.1 Å². The lowest BCUT2D eigenvalue weighted by Gasteiger charge is -2.28. The predicted octanol–water partition coefficient (Wildman–Crippen LogP) is 3.42. The molecule has 1 aliphatic rings. The third kappa shape index (κ3) is 6.44. The first-order valence-corrected chi connectivity index (χ1v) is 11.0. The van der Waals surface area contributed by atoms with Gasteiger partial charge in [-0.05, 0) is 25.0 Å². The number of aliphatic hydroxyl groups is 1. The monoisotopic (exact) mass is 562 g/mol. The zero-order chi connectivity index (χ0) is 22.3. The second kappa shape index (κ2) is 12.0. The molecule has 0 bridgehead atoms. The number of aromatic nitrogens is 3. The molecular weight excluding hydrogens is 531 g/mol. The molecule has 2 heterocycles. The van der Waals surface area contributed by atoms with Gasteiger partial charge in [0.1, 0.15) is 18.1 Å². The number of para-hydroxylation sites is 1. The van der Waals surface area contributed by atoms with Crippen LogP contribution >= 0.6 is 24.0 Å². The fraction of sp³-hybridized carbons (Fsp3) is 0.375. The highest BCUT2D eigenvalue weighted by atomic mass is 127. The Balaban J connectivity index is 0.00000306. The van der Waals surface area contributed by atoms with Gasteiger partial charge >= 0.3 is 0 Å². The average Bonchev–Trinajstić information content (AvgIpc) is 3.15. The Labute approximate surface area is 211 Å². The van der Waals surface area contributed by atoms with Crippen molar-refractivity contribution >= 4 is 29.9 Å². The fourth-order valence-corrected chi connectivity index (χ4v) is 3.72. The first kappa shape index (κ1) is 25.0. The molecule has 1 aromatic heterocycles. The van der Waals surface area contributed by atoms with E-state index in [9.17, 15) is 5.11 Å². The number of halogens is 1. The molecule has 2 atom stereocenters. The van der Waals surface area contributed by atoms with Gasteiger partial charge in [-0.2, -0.15) is 0 Å². The maximum Gasteiger partial charge on any atom is 0.192 e. The molecule has 1 aliphatic heterocycles. The highest BCUT2D eigenvalue weighted by Crippen LogP contribution is 2.31. The minimum Gasteiger partial charge on any atom is -0.493 e. The van der Waals surface area contributed by atoms with Crippen LogP contribution < -0.4 is 15.4 Å². The number of aliphatic hydroxyl groups excluding tert-OH is 1. The van der Waals surface area contributed by atoms with E-state index in [2.05, 4.69) is 26.9 Å². The summed E-state index contributed by atoms with van der Waals surface area (Å²) in [6.45, 7) is 3.54. The lowest BCUT2D eigenvalue weighted by molar-refractivity contribution is 0.168. The molecule has 0 saturated heterocycles. The van der Waals surface area contributed by atoms with Gasteiger partial charge in [-0.15, -0.1) is 34.2 Å². The summed E-state index contributed by atoms with van der Waals surface area (Å²) < 4.78 is 7.72. The van der Waals surface area contributed by atoms with Crippen LogP contribution in [0.1, 0.15) is 47.8 Å². The summed E-state index contributed by atoms with van der Waals surface area (Å²) in [5.41, 5.74) is 2.03. The number of fused-ring (bicyclic) bond motifs is 1. The summed E-state index contributed by atoms with van der Waals surface area (Å²) in [5.74, 6) is 3.22. The van der Waals surface area contributed by atoms with Crippen LogP contribution in [-0.4, -0.2) is 39.0 Å². The molecule has 2 unspecified atom stereocenters. The van der Waals surface area contributed by atoms with Crippen LogP contribution in [0, 0.1) is 6.92 Å². The molecule has 33 heavy (non-hydrogen) atoms. The zero-order valence-corrected chi connectivity index (χ0v) is 21.3. The third-order valence-electron chi connectivity index (χ3n) is 5.73. The number of rotatable bonds is 7. The van der Waals surface area contributed by atoms with E-state index in [4.69, 9.17) is 9.73 Å². The first-order valence-electron chi connectivity index (χ1n) is 11.0. The van der Waals surface area contributed by atoms with E-state index in [1.54, 1.807) is 0 Å². The Morgan fingerprint density at radius 3 is 2.70 bits per heavy atom. The second-order valence-corrected chi connectivity index (χ2v) is 7.90. The molecule has 9 heteroatoms. The van der Waals surface area contributed by atoms with Crippen molar-refractivity contribution in [2.24, 2.45) is 12.0 Å². The molecule has 0 radical (unpaired) electrons. The van der Waals surface area contributed by atoms with Crippen molar-refractivity contribution in [3.63, 3.8) is 0 Å². The number of aryl methyl sites for hydroxylation is 1. The second-order valence-electron chi connectivity index (χ2n) is 7.90. The number of nitrogens with zero attached hydrogens (tertiary/aromatic N) is 4. The quantitative estimate of drug-likeness (QED) is 0.232. The van der Waals surface area contributed by atoms with Crippen molar-refractivity contribution in [2.45, 2.75) is 38.5 Å².